The number of hydrogen-bond donors (Lipinski definition) is 3. The quantitative estimate of drug-likeness (QED) is 0.640. The minimum atomic E-state index is -1.10. The zero-order chi connectivity index (χ0) is 17.2. The van der Waals surface area contributed by atoms with Gasteiger partial charge in [-0.05, 0) is 17.9 Å². The molecule has 3 N–H and O–H groups in total. The van der Waals surface area contributed by atoms with Gasteiger partial charge in [0.2, 0.25) is 11.8 Å². The zero-order valence-electron chi connectivity index (χ0n) is 13.5. The minimum absolute atomic E-state index is 0.198. The Hall–Kier alpha value is -2.37. The molecule has 0 saturated carbocycles. The number of carboxylic acids is 1. The summed E-state index contributed by atoms with van der Waals surface area (Å²) in [5, 5.41) is 14.1. The lowest BCUT2D eigenvalue weighted by atomic mass is 10.1. The van der Waals surface area contributed by atoms with Gasteiger partial charge in [-0.3, -0.25) is 9.59 Å². The van der Waals surface area contributed by atoms with Crippen LogP contribution < -0.4 is 10.6 Å². The standard InChI is InChI=1S/C17H24N2O4/c1-12(2)8-9-15(20)18-11-16(21)19-14(17(22)23)10-13-6-4-3-5-7-13/h3-7,12,14H,8-11H2,1-2H3,(H,18,20)(H,19,21)(H,22,23). The number of carbonyl (C=O) groups is 3. The minimum Gasteiger partial charge on any atom is -0.480 e. The second-order valence-corrected chi connectivity index (χ2v) is 5.86. The lowest BCUT2D eigenvalue weighted by Gasteiger charge is -2.15. The molecule has 0 fully saturated rings. The van der Waals surface area contributed by atoms with Gasteiger partial charge in [0.05, 0.1) is 6.54 Å². The average Bonchev–Trinajstić information content (AvgIpc) is 2.51. The molecule has 1 atom stereocenters. The highest BCUT2D eigenvalue weighted by molar-refractivity contribution is 5.87. The zero-order valence-corrected chi connectivity index (χ0v) is 13.5. The Morgan fingerprint density at radius 1 is 1.09 bits per heavy atom. The van der Waals surface area contributed by atoms with E-state index in [4.69, 9.17) is 0 Å². The summed E-state index contributed by atoms with van der Waals surface area (Å²) in [4.78, 5) is 34.6. The Balaban J connectivity index is 2.42. The van der Waals surface area contributed by atoms with Crippen LogP contribution in [-0.2, 0) is 20.8 Å². The van der Waals surface area contributed by atoms with Gasteiger partial charge in [0.25, 0.3) is 0 Å². The Labute approximate surface area is 136 Å². The van der Waals surface area contributed by atoms with E-state index in [1.165, 1.54) is 0 Å². The van der Waals surface area contributed by atoms with Crippen LogP contribution in [-0.4, -0.2) is 35.5 Å². The SMILES string of the molecule is CC(C)CCC(=O)NCC(=O)NC(Cc1ccccc1)C(=O)O. The molecule has 0 radical (unpaired) electrons. The molecule has 0 aliphatic carbocycles. The summed E-state index contributed by atoms with van der Waals surface area (Å²) in [5.74, 6) is -1.40. The maximum atomic E-state index is 11.8. The molecule has 0 bridgehead atoms. The summed E-state index contributed by atoms with van der Waals surface area (Å²) in [6.45, 7) is 3.82. The Morgan fingerprint density at radius 3 is 2.30 bits per heavy atom. The molecule has 0 spiro atoms. The van der Waals surface area contributed by atoms with Gasteiger partial charge in [-0.1, -0.05) is 44.2 Å². The van der Waals surface area contributed by atoms with Crippen molar-refractivity contribution in [2.24, 2.45) is 5.92 Å². The van der Waals surface area contributed by atoms with Crippen molar-refractivity contribution in [2.45, 2.75) is 39.2 Å². The molecular weight excluding hydrogens is 296 g/mol. The van der Waals surface area contributed by atoms with E-state index in [0.717, 1.165) is 12.0 Å². The fourth-order valence-electron chi connectivity index (χ4n) is 1.98. The highest BCUT2D eigenvalue weighted by atomic mass is 16.4. The smallest absolute Gasteiger partial charge is 0.326 e. The molecule has 2 amide bonds. The van der Waals surface area contributed by atoms with Crippen LogP contribution in [0.1, 0.15) is 32.3 Å². The summed E-state index contributed by atoms with van der Waals surface area (Å²) < 4.78 is 0. The first-order valence-electron chi connectivity index (χ1n) is 7.71. The van der Waals surface area contributed by atoms with Crippen molar-refractivity contribution in [3.8, 4) is 0 Å². The number of rotatable bonds is 9. The van der Waals surface area contributed by atoms with E-state index in [2.05, 4.69) is 10.6 Å². The molecule has 0 heterocycles. The first kappa shape index (κ1) is 18.7. The van der Waals surface area contributed by atoms with Crippen molar-refractivity contribution in [3.63, 3.8) is 0 Å². The molecule has 6 nitrogen and oxygen atoms in total. The Morgan fingerprint density at radius 2 is 1.74 bits per heavy atom. The third-order valence-corrected chi connectivity index (χ3v) is 3.31. The number of nitrogens with one attached hydrogen (secondary N) is 2. The highest BCUT2D eigenvalue weighted by Crippen LogP contribution is 2.04. The van der Waals surface area contributed by atoms with E-state index >= 15 is 0 Å². The third kappa shape index (κ3) is 7.99. The van der Waals surface area contributed by atoms with Crippen molar-refractivity contribution in [1.29, 1.82) is 0 Å². The van der Waals surface area contributed by atoms with Crippen molar-refractivity contribution in [3.05, 3.63) is 35.9 Å². The van der Waals surface area contributed by atoms with Gasteiger partial charge in [0, 0.05) is 12.8 Å². The van der Waals surface area contributed by atoms with Crippen LogP contribution >= 0.6 is 0 Å². The lowest BCUT2D eigenvalue weighted by Crippen LogP contribution is -2.46. The molecule has 1 aromatic rings. The van der Waals surface area contributed by atoms with Gasteiger partial charge in [0.1, 0.15) is 6.04 Å². The van der Waals surface area contributed by atoms with Crippen molar-refractivity contribution < 1.29 is 19.5 Å². The predicted molar refractivity (Wildman–Crippen MR) is 86.8 cm³/mol. The van der Waals surface area contributed by atoms with E-state index in [-0.39, 0.29) is 18.9 Å². The third-order valence-electron chi connectivity index (χ3n) is 3.31. The van der Waals surface area contributed by atoms with E-state index < -0.39 is 17.9 Å². The average molecular weight is 320 g/mol. The molecule has 0 saturated heterocycles. The van der Waals surface area contributed by atoms with Crippen LogP contribution in [0.25, 0.3) is 0 Å². The van der Waals surface area contributed by atoms with Crippen LogP contribution in [0.5, 0.6) is 0 Å². The second kappa shape index (κ2) is 9.61. The molecular formula is C17H24N2O4. The summed E-state index contributed by atoms with van der Waals surface area (Å²) in [6, 6.07) is 8.05. The fourth-order valence-corrected chi connectivity index (χ4v) is 1.98. The number of aliphatic carboxylic acids is 1. The maximum Gasteiger partial charge on any atom is 0.326 e. The van der Waals surface area contributed by atoms with Crippen LogP contribution in [0, 0.1) is 5.92 Å². The second-order valence-electron chi connectivity index (χ2n) is 5.86. The largest absolute Gasteiger partial charge is 0.480 e. The number of carboxylic acid groups (broad SMARTS) is 1. The predicted octanol–water partition coefficient (Wildman–Crippen LogP) is 1.35. The molecule has 0 aliphatic rings. The first-order chi connectivity index (χ1) is 10.9. The summed E-state index contributed by atoms with van der Waals surface area (Å²) in [6.07, 6.45) is 1.31. The van der Waals surface area contributed by atoms with Crippen LogP contribution in [0.15, 0.2) is 30.3 Å². The highest BCUT2D eigenvalue weighted by Gasteiger charge is 2.20. The van der Waals surface area contributed by atoms with E-state index in [0.29, 0.717) is 12.3 Å². The van der Waals surface area contributed by atoms with Crippen molar-refractivity contribution in [2.75, 3.05) is 6.54 Å². The number of carbonyl (C=O) groups excluding carboxylic acids is 2. The summed E-state index contributed by atoms with van der Waals surface area (Å²) in [5.41, 5.74) is 0.821. The van der Waals surface area contributed by atoms with Gasteiger partial charge in [0.15, 0.2) is 0 Å². The molecule has 1 unspecified atom stereocenters. The summed E-state index contributed by atoms with van der Waals surface area (Å²) >= 11 is 0. The fraction of sp³-hybridized carbons (Fsp3) is 0.471. The van der Waals surface area contributed by atoms with E-state index in [9.17, 15) is 19.5 Å². The molecule has 1 rings (SSSR count). The number of hydrogen-bond acceptors (Lipinski definition) is 3. The van der Waals surface area contributed by atoms with Crippen molar-refractivity contribution >= 4 is 17.8 Å². The summed E-state index contributed by atoms with van der Waals surface area (Å²) in [7, 11) is 0. The number of amides is 2. The topological polar surface area (TPSA) is 95.5 Å². The van der Waals surface area contributed by atoms with E-state index in [1.807, 2.05) is 32.0 Å². The molecule has 1 aromatic carbocycles. The molecule has 23 heavy (non-hydrogen) atoms. The lowest BCUT2D eigenvalue weighted by molar-refractivity contribution is -0.141. The Kier molecular flexibility index (Phi) is 7.80. The van der Waals surface area contributed by atoms with Crippen molar-refractivity contribution in [1.82, 2.24) is 10.6 Å². The normalized spacial score (nSPS) is 11.8. The molecule has 0 aromatic heterocycles. The van der Waals surface area contributed by atoms with Gasteiger partial charge < -0.3 is 15.7 Å². The number of benzene rings is 1. The van der Waals surface area contributed by atoms with Crippen LogP contribution in [0.4, 0.5) is 0 Å². The van der Waals surface area contributed by atoms with Gasteiger partial charge >= 0.3 is 5.97 Å². The Bertz CT molecular complexity index is 529. The molecule has 6 heteroatoms. The molecule has 0 aliphatic heterocycles. The first-order valence-corrected chi connectivity index (χ1v) is 7.71. The molecule has 126 valence electrons. The maximum absolute atomic E-state index is 11.8. The van der Waals surface area contributed by atoms with Crippen LogP contribution in [0.3, 0.4) is 0 Å². The van der Waals surface area contributed by atoms with Gasteiger partial charge in [-0.15, -0.1) is 0 Å². The van der Waals surface area contributed by atoms with Gasteiger partial charge in [-0.25, -0.2) is 4.79 Å². The van der Waals surface area contributed by atoms with Gasteiger partial charge in [-0.2, -0.15) is 0 Å². The van der Waals surface area contributed by atoms with E-state index in [1.54, 1.807) is 12.1 Å². The monoisotopic (exact) mass is 320 g/mol. The van der Waals surface area contributed by atoms with Crippen LogP contribution in [0.2, 0.25) is 0 Å².